The van der Waals surface area contributed by atoms with Crippen LogP contribution < -0.4 is 10.6 Å². The van der Waals surface area contributed by atoms with Gasteiger partial charge in [0.25, 0.3) is 0 Å². The highest BCUT2D eigenvalue weighted by Gasteiger charge is 2.30. The van der Waals surface area contributed by atoms with Gasteiger partial charge in [0.15, 0.2) is 0 Å². The van der Waals surface area contributed by atoms with Crippen LogP contribution in [0.3, 0.4) is 0 Å². The molecule has 29 heavy (non-hydrogen) atoms. The molecule has 0 bridgehead atoms. The Kier molecular flexibility index (Phi) is 12.9. The number of hydrogen-bond acceptors (Lipinski definition) is 2. The molecule has 2 heterocycles. The van der Waals surface area contributed by atoms with Crippen LogP contribution >= 0.6 is 0 Å². The van der Waals surface area contributed by atoms with Gasteiger partial charge in [-0.1, -0.05) is 47.0 Å². The molecular formula is C27H54N2. The first-order valence-electron chi connectivity index (χ1n) is 13.6. The third-order valence-corrected chi connectivity index (χ3v) is 8.07. The molecule has 2 aliphatic carbocycles. The summed E-state index contributed by atoms with van der Waals surface area (Å²) in [4.78, 5) is 0. The molecule has 2 aliphatic heterocycles. The number of nitrogens with one attached hydrogen (secondary N) is 2. The maximum atomic E-state index is 3.44. The highest BCUT2D eigenvalue weighted by Crippen LogP contribution is 2.41. The summed E-state index contributed by atoms with van der Waals surface area (Å²) in [5.41, 5.74) is 0. The van der Waals surface area contributed by atoms with Gasteiger partial charge in [0.2, 0.25) is 0 Å². The van der Waals surface area contributed by atoms with Gasteiger partial charge >= 0.3 is 0 Å². The monoisotopic (exact) mass is 406 g/mol. The fourth-order valence-corrected chi connectivity index (χ4v) is 5.98. The summed E-state index contributed by atoms with van der Waals surface area (Å²) in [7, 11) is 0. The van der Waals surface area contributed by atoms with Crippen LogP contribution in [0.15, 0.2) is 0 Å². The third kappa shape index (κ3) is 9.72. The van der Waals surface area contributed by atoms with Crippen molar-refractivity contribution in [3.8, 4) is 0 Å². The molecule has 0 aromatic carbocycles. The minimum atomic E-state index is 1.06. The molecule has 4 aliphatic rings. The van der Waals surface area contributed by atoms with Crippen molar-refractivity contribution in [2.75, 3.05) is 26.2 Å². The topological polar surface area (TPSA) is 24.1 Å². The van der Waals surface area contributed by atoms with E-state index in [1.54, 1.807) is 25.7 Å². The summed E-state index contributed by atoms with van der Waals surface area (Å²) in [6.07, 6.45) is 19.1. The Balaban J connectivity index is 0.000000183. The smallest absolute Gasteiger partial charge is 0.00463 e. The Bertz CT molecular complexity index is 336. The Morgan fingerprint density at radius 2 is 0.793 bits per heavy atom. The second-order valence-corrected chi connectivity index (χ2v) is 10.8. The predicted octanol–water partition coefficient (Wildman–Crippen LogP) is 7.04. The third-order valence-electron chi connectivity index (χ3n) is 8.07. The lowest BCUT2D eigenvalue weighted by atomic mass is 9.69. The van der Waals surface area contributed by atoms with E-state index < -0.39 is 0 Å². The van der Waals surface area contributed by atoms with Crippen molar-refractivity contribution in [1.82, 2.24) is 10.6 Å². The molecule has 2 heteroatoms. The maximum Gasteiger partial charge on any atom is -0.00463 e. The van der Waals surface area contributed by atoms with E-state index in [4.69, 9.17) is 0 Å². The van der Waals surface area contributed by atoms with Crippen LogP contribution in [0.5, 0.6) is 0 Å². The molecule has 0 aromatic rings. The Morgan fingerprint density at radius 3 is 1.07 bits per heavy atom. The maximum absolute atomic E-state index is 3.44. The van der Waals surface area contributed by atoms with Gasteiger partial charge < -0.3 is 10.6 Å². The van der Waals surface area contributed by atoms with Crippen molar-refractivity contribution < 1.29 is 0 Å². The van der Waals surface area contributed by atoms with E-state index in [2.05, 4.69) is 38.3 Å². The number of rotatable bonds is 6. The van der Waals surface area contributed by atoms with Crippen molar-refractivity contribution in [2.24, 2.45) is 35.5 Å². The van der Waals surface area contributed by atoms with Gasteiger partial charge in [-0.25, -0.2) is 0 Å². The van der Waals surface area contributed by atoms with Crippen LogP contribution in [0.4, 0.5) is 0 Å². The molecule has 4 rings (SSSR count). The number of piperidine rings is 2. The average molecular weight is 407 g/mol. The van der Waals surface area contributed by atoms with Gasteiger partial charge in [0, 0.05) is 0 Å². The molecule has 0 spiro atoms. The molecule has 0 radical (unpaired) electrons. The summed E-state index contributed by atoms with van der Waals surface area (Å²) < 4.78 is 0. The van der Waals surface area contributed by atoms with Crippen molar-refractivity contribution in [3.05, 3.63) is 0 Å². The van der Waals surface area contributed by atoms with Crippen LogP contribution in [-0.4, -0.2) is 26.2 Å². The lowest BCUT2D eigenvalue weighted by Crippen LogP contribution is -2.31. The molecule has 2 saturated carbocycles. The highest BCUT2D eigenvalue weighted by molar-refractivity contribution is 4.83. The second kappa shape index (κ2) is 14.8. The van der Waals surface area contributed by atoms with E-state index in [1.807, 2.05) is 0 Å². The van der Waals surface area contributed by atoms with E-state index in [0.29, 0.717) is 0 Å². The van der Waals surface area contributed by atoms with Crippen molar-refractivity contribution in [2.45, 2.75) is 111 Å². The molecule has 2 saturated heterocycles. The molecule has 0 aromatic heterocycles. The molecule has 0 atom stereocenters. The van der Waals surface area contributed by atoms with Crippen molar-refractivity contribution in [3.63, 3.8) is 0 Å². The molecule has 172 valence electrons. The van der Waals surface area contributed by atoms with E-state index in [0.717, 1.165) is 35.5 Å². The van der Waals surface area contributed by atoms with E-state index in [-0.39, 0.29) is 0 Å². The molecule has 0 amide bonds. The van der Waals surface area contributed by atoms with Crippen LogP contribution in [0.1, 0.15) is 111 Å². The summed E-state index contributed by atoms with van der Waals surface area (Å²) in [5, 5.41) is 6.89. The summed E-state index contributed by atoms with van der Waals surface area (Å²) in [6, 6.07) is 0. The van der Waals surface area contributed by atoms with E-state index in [1.165, 1.54) is 84.0 Å². The first-order chi connectivity index (χ1) is 14.2. The SMILES string of the molecule is CCC.CCC1CC(CC2CCNCC2)C1.CCC1CC(CC2CCNCC2)C1. The Hall–Kier alpha value is -0.0800. The quantitative estimate of drug-likeness (QED) is 0.494. The van der Waals surface area contributed by atoms with Crippen LogP contribution in [0.2, 0.25) is 0 Å². The Labute approximate surface area is 183 Å². The molecular weight excluding hydrogens is 352 g/mol. The van der Waals surface area contributed by atoms with Crippen molar-refractivity contribution >= 4 is 0 Å². The molecule has 0 unspecified atom stereocenters. The zero-order valence-electron chi connectivity index (χ0n) is 20.5. The Morgan fingerprint density at radius 1 is 0.483 bits per heavy atom. The van der Waals surface area contributed by atoms with E-state index >= 15 is 0 Å². The largest absolute Gasteiger partial charge is 0.317 e. The molecule has 4 fully saturated rings. The predicted molar refractivity (Wildman–Crippen MR) is 129 cm³/mol. The fourth-order valence-electron chi connectivity index (χ4n) is 5.98. The summed E-state index contributed by atoms with van der Waals surface area (Å²) >= 11 is 0. The molecule has 2 nitrogen and oxygen atoms in total. The van der Waals surface area contributed by atoms with E-state index in [9.17, 15) is 0 Å². The van der Waals surface area contributed by atoms with Gasteiger partial charge in [0.05, 0.1) is 0 Å². The van der Waals surface area contributed by atoms with Crippen LogP contribution in [0.25, 0.3) is 0 Å². The minimum Gasteiger partial charge on any atom is -0.317 e. The average Bonchev–Trinajstić information content (AvgIpc) is 2.69. The summed E-state index contributed by atoms with van der Waals surface area (Å²) in [5.74, 6) is 6.51. The standard InChI is InChI=1S/2C12H23N.C3H8/c2*1-2-10-7-12(8-10)9-11-3-5-13-6-4-11;1-3-2/h2*10-13H,2-9H2,1H3;3H2,1-2H3. The lowest BCUT2D eigenvalue weighted by Gasteiger charge is -2.38. The van der Waals surface area contributed by atoms with Gasteiger partial charge in [-0.15, -0.1) is 0 Å². The zero-order valence-corrected chi connectivity index (χ0v) is 20.5. The van der Waals surface area contributed by atoms with Gasteiger partial charge in [-0.2, -0.15) is 0 Å². The minimum absolute atomic E-state index is 1.06. The first kappa shape index (κ1) is 25.2. The number of hydrogen-bond donors (Lipinski definition) is 2. The zero-order chi connectivity index (χ0) is 20.9. The van der Waals surface area contributed by atoms with Gasteiger partial charge in [-0.05, 0) is 126 Å². The van der Waals surface area contributed by atoms with Crippen molar-refractivity contribution in [1.29, 1.82) is 0 Å². The van der Waals surface area contributed by atoms with Crippen LogP contribution in [0, 0.1) is 35.5 Å². The normalized spacial score (nSPS) is 32.7. The van der Waals surface area contributed by atoms with Gasteiger partial charge in [0.1, 0.15) is 0 Å². The molecule has 2 N–H and O–H groups in total. The van der Waals surface area contributed by atoms with Crippen LogP contribution in [-0.2, 0) is 0 Å². The lowest BCUT2D eigenvalue weighted by molar-refractivity contribution is 0.143. The summed E-state index contributed by atoms with van der Waals surface area (Å²) in [6.45, 7) is 14.0. The fraction of sp³-hybridized carbons (Fsp3) is 1.00. The first-order valence-corrected chi connectivity index (χ1v) is 13.6. The second-order valence-electron chi connectivity index (χ2n) is 10.8. The van der Waals surface area contributed by atoms with Gasteiger partial charge in [-0.3, -0.25) is 0 Å². The highest BCUT2D eigenvalue weighted by atomic mass is 14.9.